The Bertz CT molecular complexity index is 152. The smallest absolute Gasteiger partial charge is 0.231 e. The predicted molar refractivity (Wildman–Crippen MR) is 43.0 cm³/mol. The van der Waals surface area contributed by atoms with Gasteiger partial charge < -0.3 is 4.81 Å². The van der Waals surface area contributed by atoms with Crippen molar-refractivity contribution in [3.63, 3.8) is 0 Å². The van der Waals surface area contributed by atoms with Crippen molar-refractivity contribution in [1.29, 1.82) is 0 Å². The fourth-order valence-electron chi connectivity index (χ4n) is 0.759. The van der Waals surface area contributed by atoms with Gasteiger partial charge in [0.2, 0.25) is 13.9 Å². The first-order valence-electron chi connectivity index (χ1n) is 3.72. The molecular formula is C7H12BNO2. The summed E-state index contributed by atoms with van der Waals surface area (Å²) >= 11 is 0. The molecular weight excluding hydrogens is 141 g/mol. The lowest BCUT2D eigenvalue weighted by Crippen LogP contribution is -2.30. The van der Waals surface area contributed by atoms with Crippen molar-refractivity contribution in [2.24, 2.45) is 0 Å². The minimum Gasteiger partial charge on any atom is -0.387 e. The van der Waals surface area contributed by atoms with Gasteiger partial charge in [-0.1, -0.05) is 13.8 Å². The Morgan fingerprint density at radius 3 is 2.00 bits per heavy atom. The number of hydrogen-bond donors (Lipinski definition) is 0. The monoisotopic (exact) mass is 153 g/mol. The second kappa shape index (κ2) is 4.16. The van der Waals surface area contributed by atoms with Crippen LogP contribution in [0, 0.1) is 0 Å². The van der Waals surface area contributed by atoms with E-state index in [-0.39, 0.29) is 18.1 Å². The fraction of sp³-hybridized carbons (Fsp3) is 0.714. The van der Waals surface area contributed by atoms with Gasteiger partial charge >= 0.3 is 0 Å². The van der Waals surface area contributed by atoms with Gasteiger partial charge in [0.15, 0.2) is 5.78 Å². The van der Waals surface area contributed by atoms with Crippen LogP contribution in [-0.2, 0) is 9.59 Å². The van der Waals surface area contributed by atoms with Crippen molar-refractivity contribution in [3.8, 4) is 0 Å². The molecule has 60 valence electrons. The molecule has 0 aliphatic carbocycles. The predicted octanol–water partition coefficient (Wildman–Crippen LogP) is 0.286. The van der Waals surface area contributed by atoms with Crippen LogP contribution in [0.25, 0.3) is 0 Å². The average Bonchev–Trinajstić information content (AvgIpc) is 2.22. The molecule has 1 atom stereocenters. The van der Waals surface area contributed by atoms with Gasteiger partial charge in [-0.25, -0.2) is 0 Å². The van der Waals surface area contributed by atoms with Gasteiger partial charge in [-0.3, -0.25) is 9.59 Å². The number of rotatable bonds is 0. The molecule has 3 nitrogen and oxygen atoms in total. The third kappa shape index (κ3) is 2.07. The molecule has 0 aromatic carbocycles. The standard InChI is InChI=1S/C5H6BNO2.C2H6/c1-3-4(8)2-5(9)7(3)6;1-2/h3H,2H2,1H3;1-2H3. The Hall–Kier alpha value is -0.795. The Kier molecular flexibility index (Phi) is 3.86. The maximum atomic E-state index is 10.7. The summed E-state index contributed by atoms with van der Waals surface area (Å²) in [5.41, 5.74) is 0. The van der Waals surface area contributed by atoms with Crippen molar-refractivity contribution < 1.29 is 9.59 Å². The van der Waals surface area contributed by atoms with Crippen LogP contribution in [0.4, 0.5) is 0 Å². The molecule has 1 unspecified atom stereocenters. The van der Waals surface area contributed by atoms with E-state index in [2.05, 4.69) is 0 Å². The van der Waals surface area contributed by atoms with Crippen molar-refractivity contribution >= 4 is 19.7 Å². The number of hydrogen-bond acceptors (Lipinski definition) is 2. The number of amides is 1. The highest BCUT2D eigenvalue weighted by Gasteiger charge is 2.30. The highest BCUT2D eigenvalue weighted by atomic mass is 16.2. The van der Waals surface area contributed by atoms with Crippen LogP contribution in [0.1, 0.15) is 27.2 Å². The molecule has 1 rings (SSSR count). The molecule has 2 radical (unpaired) electrons. The lowest BCUT2D eigenvalue weighted by atomic mass is 10.2. The lowest BCUT2D eigenvalue weighted by molar-refractivity contribution is -0.124. The van der Waals surface area contributed by atoms with Crippen molar-refractivity contribution in [2.45, 2.75) is 33.2 Å². The summed E-state index contributed by atoms with van der Waals surface area (Å²) in [5.74, 6) is -0.380. The highest BCUT2D eigenvalue weighted by Crippen LogP contribution is 2.10. The largest absolute Gasteiger partial charge is 0.387 e. The van der Waals surface area contributed by atoms with E-state index < -0.39 is 6.04 Å². The van der Waals surface area contributed by atoms with E-state index in [1.807, 2.05) is 13.8 Å². The molecule has 1 saturated heterocycles. The summed E-state index contributed by atoms with van der Waals surface area (Å²) < 4.78 is 0. The molecule has 1 fully saturated rings. The van der Waals surface area contributed by atoms with Crippen LogP contribution in [0.3, 0.4) is 0 Å². The first-order chi connectivity index (χ1) is 5.13. The third-order valence-corrected chi connectivity index (χ3v) is 1.50. The van der Waals surface area contributed by atoms with Crippen LogP contribution in [0.2, 0.25) is 0 Å². The van der Waals surface area contributed by atoms with E-state index >= 15 is 0 Å². The van der Waals surface area contributed by atoms with Crippen LogP contribution in [0.5, 0.6) is 0 Å². The number of nitrogens with zero attached hydrogens (tertiary/aromatic N) is 1. The lowest BCUT2D eigenvalue weighted by Gasteiger charge is -2.12. The first kappa shape index (κ1) is 10.2. The molecule has 1 aliphatic heterocycles. The molecule has 0 spiro atoms. The summed E-state index contributed by atoms with van der Waals surface area (Å²) in [6.45, 7) is 5.62. The number of carbonyl (C=O) groups excluding carboxylic acids is 2. The summed E-state index contributed by atoms with van der Waals surface area (Å²) in [6, 6.07) is -0.419. The van der Waals surface area contributed by atoms with Gasteiger partial charge in [0.25, 0.3) is 0 Å². The number of Topliss-reactive ketones (excluding diaryl/α,β-unsaturated/α-hetero) is 1. The zero-order valence-electron chi connectivity index (χ0n) is 7.13. The second-order valence-corrected chi connectivity index (χ2v) is 2.12. The normalized spacial score (nSPS) is 23.2. The van der Waals surface area contributed by atoms with Gasteiger partial charge in [0.05, 0.1) is 12.5 Å². The maximum absolute atomic E-state index is 10.7. The average molecular weight is 153 g/mol. The Morgan fingerprint density at radius 1 is 1.45 bits per heavy atom. The minimum absolute atomic E-state index is 0.0301. The van der Waals surface area contributed by atoms with Gasteiger partial charge in [-0.15, -0.1) is 0 Å². The number of ketones is 1. The second-order valence-electron chi connectivity index (χ2n) is 2.12. The van der Waals surface area contributed by atoms with Gasteiger partial charge in [-0.2, -0.15) is 0 Å². The van der Waals surface area contributed by atoms with E-state index in [1.54, 1.807) is 6.92 Å². The van der Waals surface area contributed by atoms with E-state index in [1.165, 1.54) is 0 Å². The first-order valence-corrected chi connectivity index (χ1v) is 3.72. The minimum atomic E-state index is -0.419. The summed E-state index contributed by atoms with van der Waals surface area (Å²) in [6.07, 6.45) is -0.0301. The molecule has 0 aromatic heterocycles. The van der Waals surface area contributed by atoms with Gasteiger partial charge in [0.1, 0.15) is 0 Å². The summed E-state index contributed by atoms with van der Waals surface area (Å²) in [5, 5.41) is 0. The maximum Gasteiger partial charge on any atom is 0.231 e. The van der Waals surface area contributed by atoms with Crippen molar-refractivity contribution in [2.75, 3.05) is 0 Å². The molecule has 4 heteroatoms. The summed E-state index contributed by atoms with van der Waals surface area (Å²) in [4.78, 5) is 22.2. The Balaban J connectivity index is 0.000000461. The van der Waals surface area contributed by atoms with E-state index in [0.717, 1.165) is 4.81 Å². The van der Waals surface area contributed by atoms with Crippen molar-refractivity contribution in [1.82, 2.24) is 4.81 Å². The quantitative estimate of drug-likeness (QED) is 0.370. The SMILES string of the molecule is CC.[B]N1C(=O)CC(=O)C1C. The van der Waals surface area contributed by atoms with Crippen LogP contribution in [0.15, 0.2) is 0 Å². The van der Waals surface area contributed by atoms with Gasteiger partial charge in [-0.05, 0) is 6.92 Å². The van der Waals surface area contributed by atoms with Crippen LogP contribution < -0.4 is 0 Å². The Morgan fingerprint density at radius 2 is 1.91 bits per heavy atom. The molecule has 1 amide bonds. The topological polar surface area (TPSA) is 37.4 Å². The van der Waals surface area contributed by atoms with E-state index in [9.17, 15) is 9.59 Å². The molecule has 0 saturated carbocycles. The molecule has 0 bridgehead atoms. The van der Waals surface area contributed by atoms with Crippen LogP contribution >= 0.6 is 0 Å². The highest BCUT2D eigenvalue weighted by molar-refractivity contribution is 6.23. The Labute approximate surface area is 68.2 Å². The fourth-order valence-corrected chi connectivity index (χ4v) is 0.759. The van der Waals surface area contributed by atoms with Crippen molar-refractivity contribution in [3.05, 3.63) is 0 Å². The third-order valence-electron chi connectivity index (χ3n) is 1.50. The van der Waals surface area contributed by atoms with E-state index in [4.69, 9.17) is 7.98 Å². The number of carbonyl (C=O) groups is 2. The molecule has 0 aromatic rings. The summed E-state index contributed by atoms with van der Waals surface area (Å²) in [7, 11) is 5.18. The molecule has 1 aliphatic rings. The van der Waals surface area contributed by atoms with Crippen LogP contribution in [-0.4, -0.2) is 30.5 Å². The molecule has 0 N–H and O–H groups in total. The van der Waals surface area contributed by atoms with E-state index in [0.29, 0.717) is 0 Å². The molecule has 1 heterocycles. The van der Waals surface area contributed by atoms with Gasteiger partial charge in [0, 0.05) is 0 Å². The zero-order valence-corrected chi connectivity index (χ0v) is 7.13. The zero-order chi connectivity index (χ0) is 9.02. The molecule has 11 heavy (non-hydrogen) atoms.